The number of sulfonamides is 1. The monoisotopic (exact) mass is 397 g/mol. The van der Waals surface area contributed by atoms with Gasteiger partial charge >= 0.3 is 0 Å². The van der Waals surface area contributed by atoms with E-state index in [1.165, 1.54) is 35.5 Å². The van der Waals surface area contributed by atoms with Crippen LogP contribution < -0.4 is 5.32 Å². The van der Waals surface area contributed by atoms with Gasteiger partial charge in [0.15, 0.2) is 0 Å². The molecule has 8 nitrogen and oxygen atoms in total. The zero-order valence-corrected chi connectivity index (χ0v) is 16.8. The number of carbonyl (C=O) groups is 2. The third-order valence-electron chi connectivity index (χ3n) is 4.39. The highest BCUT2D eigenvalue weighted by molar-refractivity contribution is 7.89. The minimum Gasteiger partial charge on any atom is -0.379 e. The molecule has 1 aliphatic heterocycles. The van der Waals surface area contributed by atoms with Gasteiger partial charge in [-0.1, -0.05) is 0 Å². The molecule has 0 unspecified atom stereocenters. The van der Waals surface area contributed by atoms with Crippen molar-refractivity contribution in [3.8, 4) is 0 Å². The van der Waals surface area contributed by atoms with E-state index in [0.29, 0.717) is 45.0 Å². The fraction of sp³-hybridized carbons (Fsp3) is 0.556. The summed E-state index contributed by atoms with van der Waals surface area (Å²) >= 11 is 0. The molecule has 0 atom stereocenters. The second-order valence-corrected chi connectivity index (χ2v) is 8.54. The van der Waals surface area contributed by atoms with E-state index >= 15 is 0 Å². The van der Waals surface area contributed by atoms with Crippen LogP contribution in [-0.4, -0.2) is 74.9 Å². The van der Waals surface area contributed by atoms with Crippen molar-refractivity contribution in [2.24, 2.45) is 0 Å². The van der Waals surface area contributed by atoms with Crippen molar-refractivity contribution in [3.05, 3.63) is 29.8 Å². The molecule has 1 N–H and O–H groups in total. The highest BCUT2D eigenvalue weighted by Crippen LogP contribution is 2.17. The summed E-state index contributed by atoms with van der Waals surface area (Å²) in [7, 11) is -3.57. The third-order valence-corrected chi connectivity index (χ3v) is 6.30. The molecular formula is C18H27N3O5S. The van der Waals surface area contributed by atoms with Gasteiger partial charge in [-0.2, -0.15) is 4.31 Å². The third kappa shape index (κ3) is 5.50. The van der Waals surface area contributed by atoms with E-state index in [4.69, 9.17) is 4.74 Å². The van der Waals surface area contributed by atoms with Crippen LogP contribution in [0.5, 0.6) is 0 Å². The maximum absolute atomic E-state index is 12.6. The average Bonchev–Trinajstić information content (AvgIpc) is 2.65. The molecule has 0 aromatic heterocycles. The molecule has 2 amide bonds. The lowest BCUT2D eigenvalue weighted by atomic mass is 10.2. The first kappa shape index (κ1) is 21.3. The van der Waals surface area contributed by atoms with Gasteiger partial charge in [-0.05, 0) is 38.1 Å². The predicted molar refractivity (Wildman–Crippen MR) is 101 cm³/mol. The normalized spacial score (nSPS) is 15.6. The van der Waals surface area contributed by atoms with Crippen LogP contribution in [0.2, 0.25) is 0 Å². The number of benzene rings is 1. The zero-order chi connectivity index (χ0) is 20.0. The summed E-state index contributed by atoms with van der Waals surface area (Å²) in [5.74, 6) is -0.352. The number of ether oxygens (including phenoxy) is 1. The second-order valence-electron chi connectivity index (χ2n) is 6.60. The Morgan fingerprint density at radius 3 is 2.30 bits per heavy atom. The van der Waals surface area contributed by atoms with Crippen molar-refractivity contribution in [2.45, 2.75) is 31.7 Å². The molecule has 1 aromatic carbocycles. The van der Waals surface area contributed by atoms with E-state index in [-0.39, 0.29) is 22.8 Å². The van der Waals surface area contributed by atoms with Gasteiger partial charge in [0.05, 0.1) is 18.1 Å². The van der Waals surface area contributed by atoms with Gasteiger partial charge in [-0.15, -0.1) is 0 Å². The standard InChI is InChI=1S/C18H27N3O5S/c1-14(2)21(15(3)22)9-8-19-18(23)16-4-6-17(7-5-16)27(24,25)20-10-12-26-13-11-20/h4-7,14H,8-13H2,1-3H3,(H,19,23). The van der Waals surface area contributed by atoms with Crippen LogP contribution in [0.1, 0.15) is 31.1 Å². The number of amides is 2. The molecule has 1 heterocycles. The van der Waals surface area contributed by atoms with Crippen LogP contribution in [0.3, 0.4) is 0 Å². The molecule has 2 rings (SSSR count). The molecule has 0 bridgehead atoms. The second kappa shape index (κ2) is 9.29. The first-order valence-electron chi connectivity index (χ1n) is 8.97. The number of nitrogens with zero attached hydrogens (tertiary/aromatic N) is 2. The highest BCUT2D eigenvalue weighted by atomic mass is 32.2. The van der Waals surface area contributed by atoms with E-state index in [1.54, 1.807) is 4.90 Å². The topological polar surface area (TPSA) is 96.0 Å². The molecule has 1 saturated heterocycles. The average molecular weight is 397 g/mol. The summed E-state index contributed by atoms with van der Waals surface area (Å²) in [5.41, 5.74) is 0.370. The molecule has 0 spiro atoms. The first-order valence-corrected chi connectivity index (χ1v) is 10.4. The molecule has 0 radical (unpaired) electrons. The van der Waals surface area contributed by atoms with Gasteiger partial charge in [0, 0.05) is 44.7 Å². The van der Waals surface area contributed by atoms with Crippen molar-refractivity contribution in [1.29, 1.82) is 0 Å². The minimum absolute atomic E-state index is 0.0445. The molecule has 0 saturated carbocycles. The van der Waals surface area contributed by atoms with Gasteiger partial charge in [0.1, 0.15) is 0 Å². The van der Waals surface area contributed by atoms with Crippen LogP contribution in [0.15, 0.2) is 29.2 Å². The highest BCUT2D eigenvalue weighted by Gasteiger charge is 2.26. The minimum atomic E-state index is -3.57. The van der Waals surface area contributed by atoms with Gasteiger partial charge in [-0.3, -0.25) is 9.59 Å². The largest absolute Gasteiger partial charge is 0.379 e. The van der Waals surface area contributed by atoms with Crippen LogP contribution in [0.4, 0.5) is 0 Å². The molecule has 1 fully saturated rings. The van der Waals surface area contributed by atoms with E-state index in [9.17, 15) is 18.0 Å². The number of nitrogens with one attached hydrogen (secondary N) is 1. The first-order chi connectivity index (χ1) is 12.7. The Morgan fingerprint density at radius 2 is 1.78 bits per heavy atom. The molecule has 27 heavy (non-hydrogen) atoms. The molecule has 1 aromatic rings. The van der Waals surface area contributed by atoms with Gasteiger partial charge in [-0.25, -0.2) is 8.42 Å². The summed E-state index contributed by atoms with van der Waals surface area (Å²) in [4.78, 5) is 25.6. The molecular weight excluding hydrogens is 370 g/mol. The number of morpholine rings is 1. The summed E-state index contributed by atoms with van der Waals surface area (Å²) in [6.45, 7) is 7.48. The molecule has 1 aliphatic rings. The van der Waals surface area contributed by atoms with Crippen molar-refractivity contribution >= 4 is 21.8 Å². The number of hydrogen-bond donors (Lipinski definition) is 1. The van der Waals surface area contributed by atoms with Crippen LogP contribution in [0, 0.1) is 0 Å². The van der Waals surface area contributed by atoms with Crippen molar-refractivity contribution in [1.82, 2.24) is 14.5 Å². The van der Waals surface area contributed by atoms with E-state index in [0.717, 1.165) is 0 Å². The quantitative estimate of drug-likeness (QED) is 0.730. The zero-order valence-electron chi connectivity index (χ0n) is 16.0. The van der Waals surface area contributed by atoms with E-state index in [2.05, 4.69) is 5.32 Å². The van der Waals surface area contributed by atoms with Crippen LogP contribution >= 0.6 is 0 Å². The Bertz CT molecular complexity index is 756. The van der Waals surface area contributed by atoms with Gasteiger partial charge in [0.25, 0.3) is 5.91 Å². The Labute approximate surface area is 160 Å². The van der Waals surface area contributed by atoms with Crippen molar-refractivity contribution in [2.75, 3.05) is 39.4 Å². The summed E-state index contributed by atoms with van der Waals surface area (Å²) in [5, 5.41) is 2.75. The lowest BCUT2D eigenvalue weighted by Gasteiger charge is -2.26. The summed E-state index contributed by atoms with van der Waals surface area (Å²) in [6, 6.07) is 5.93. The molecule has 9 heteroatoms. The van der Waals surface area contributed by atoms with Gasteiger partial charge in [0.2, 0.25) is 15.9 Å². The summed E-state index contributed by atoms with van der Waals surface area (Å²) < 4.78 is 31.7. The predicted octanol–water partition coefficient (Wildman–Crippen LogP) is 0.694. The van der Waals surface area contributed by atoms with Gasteiger partial charge < -0.3 is 15.0 Å². The Balaban J connectivity index is 1.96. The molecule has 0 aliphatic carbocycles. The van der Waals surface area contributed by atoms with Crippen LogP contribution in [0.25, 0.3) is 0 Å². The van der Waals surface area contributed by atoms with Crippen molar-refractivity contribution in [3.63, 3.8) is 0 Å². The Hall–Kier alpha value is -1.97. The fourth-order valence-electron chi connectivity index (χ4n) is 2.89. The van der Waals surface area contributed by atoms with Crippen LogP contribution in [-0.2, 0) is 19.6 Å². The smallest absolute Gasteiger partial charge is 0.251 e. The fourth-order valence-corrected chi connectivity index (χ4v) is 4.29. The maximum Gasteiger partial charge on any atom is 0.251 e. The van der Waals surface area contributed by atoms with E-state index < -0.39 is 10.0 Å². The summed E-state index contributed by atoms with van der Waals surface area (Å²) in [6.07, 6.45) is 0. The maximum atomic E-state index is 12.6. The Morgan fingerprint density at radius 1 is 1.19 bits per heavy atom. The lowest BCUT2D eigenvalue weighted by Crippen LogP contribution is -2.41. The van der Waals surface area contributed by atoms with Crippen molar-refractivity contribution < 1.29 is 22.7 Å². The SMILES string of the molecule is CC(=O)N(CCNC(=O)c1ccc(S(=O)(=O)N2CCOCC2)cc1)C(C)C. The number of hydrogen-bond acceptors (Lipinski definition) is 5. The number of rotatable bonds is 7. The number of carbonyl (C=O) groups excluding carboxylic acids is 2. The lowest BCUT2D eigenvalue weighted by molar-refractivity contribution is -0.130. The van der Waals surface area contributed by atoms with E-state index in [1.807, 2.05) is 13.8 Å². The molecule has 150 valence electrons. The Kier molecular flexibility index (Phi) is 7.34.